The fourth-order valence-corrected chi connectivity index (χ4v) is 2.69. The number of aryl methyl sites for hydroxylation is 2. The van der Waals surface area contributed by atoms with Crippen LogP contribution in [0.25, 0.3) is 0 Å². The van der Waals surface area contributed by atoms with Gasteiger partial charge in [0.2, 0.25) is 0 Å². The minimum atomic E-state index is -0.735. The van der Waals surface area contributed by atoms with E-state index in [4.69, 9.17) is 4.74 Å². The maximum Gasteiger partial charge on any atom is 0.163 e. The second-order valence-corrected chi connectivity index (χ2v) is 4.91. The second-order valence-electron chi connectivity index (χ2n) is 4.03. The Morgan fingerprint density at radius 3 is 2.89 bits per heavy atom. The van der Waals surface area contributed by atoms with Gasteiger partial charge in [0.25, 0.3) is 0 Å². The van der Waals surface area contributed by atoms with Crippen molar-refractivity contribution in [2.45, 2.75) is 32.9 Å². The molecule has 2 aromatic heterocycles. The van der Waals surface area contributed by atoms with Gasteiger partial charge < -0.3 is 9.84 Å². The van der Waals surface area contributed by atoms with Gasteiger partial charge in [0, 0.05) is 6.54 Å². The fraction of sp³-hybridized carbons (Fsp3) is 0.500. The van der Waals surface area contributed by atoms with Crippen molar-refractivity contribution in [2.75, 3.05) is 7.11 Å². The van der Waals surface area contributed by atoms with Crippen LogP contribution in [0.3, 0.4) is 0 Å². The molecule has 0 spiro atoms. The molecular weight excluding hydrogens is 250 g/mol. The van der Waals surface area contributed by atoms with Crippen LogP contribution in [-0.4, -0.2) is 27.0 Å². The van der Waals surface area contributed by atoms with Crippen LogP contribution in [0, 0.1) is 6.92 Å². The Hall–Kier alpha value is -1.40. The summed E-state index contributed by atoms with van der Waals surface area (Å²) in [5.74, 6) is 0.615. The molecule has 2 heterocycles. The highest BCUT2D eigenvalue weighted by Crippen LogP contribution is 2.33. The van der Waals surface area contributed by atoms with Crippen LogP contribution >= 0.6 is 11.3 Å². The van der Waals surface area contributed by atoms with E-state index >= 15 is 0 Å². The summed E-state index contributed by atoms with van der Waals surface area (Å²) in [6.45, 7) is 4.72. The third-order valence-electron chi connectivity index (χ3n) is 2.79. The van der Waals surface area contributed by atoms with Crippen LogP contribution in [0.5, 0.6) is 5.75 Å². The summed E-state index contributed by atoms with van der Waals surface area (Å²) in [5.41, 5.74) is 3.28. The lowest BCUT2D eigenvalue weighted by molar-refractivity contribution is 0.204. The molecule has 2 rings (SSSR count). The van der Waals surface area contributed by atoms with Gasteiger partial charge in [-0.1, -0.05) is 6.92 Å². The Morgan fingerprint density at radius 1 is 1.56 bits per heavy atom. The summed E-state index contributed by atoms with van der Waals surface area (Å²) >= 11 is 1.44. The Labute approximate surface area is 110 Å². The van der Waals surface area contributed by atoms with E-state index in [-0.39, 0.29) is 0 Å². The molecule has 0 bridgehead atoms. The number of methoxy groups -OCH3 is 1. The summed E-state index contributed by atoms with van der Waals surface area (Å²) < 4.78 is 7.07. The van der Waals surface area contributed by atoms with Gasteiger partial charge in [0.1, 0.15) is 11.8 Å². The first-order valence-corrected chi connectivity index (χ1v) is 6.74. The van der Waals surface area contributed by atoms with Crippen molar-refractivity contribution in [2.24, 2.45) is 0 Å². The van der Waals surface area contributed by atoms with E-state index in [0.29, 0.717) is 11.4 Å². The van der Waals surface area contributed by atoms with E-state index in [1.165, 1.54) is 11.3 Å². The fourth-order valence-electron chi connectivity index (χ4n) is 1.90. The van der Waals surface area contributed by atoms with Gasteiger partial charge in [-0.3, -0.25) is 4.68 Å². The number of nitrogens with zero attached hydrogens (tertiary/aromatic N) is 3. The predicted molar refractivity (Wildman–Crippen MR) is 70.0 cm³/mol. The van der Waals surface area contributed by atoms with Crippen LogP contribution < -0.4 is 4.74 Å². The van der Waals surface area contributed by atoms with Crippen molar-refractivity contribution in [3.63, 3.8) is 0 Å². The smallest absolute Gasteiger partial charge is 0.163 e. The number of aromatic nitrogens is 3. The van der Waals surface area contributed by atoms with Gasteiger partial charge in [-0.2, -0.15) is 5.10 Å². The Bertz CT molecular complexity index is 521. The normalized spacial score (nSPS) is 12.7. The minimum absolute atomic E-state index is 0.615. The molecule has 6 heteroatoms. The molecule has 0 aliphatic carbocycles. The molecule has 18 heavy (non-hydrogen) atoms. The van der Waals surface area contributed by atoms with Crippen molar-refractivity contribution < 1.29 is 9.84 Å². The lowest BCUT2D eigenvalue weighted by Gasteiger charge is -2.13. The highest BCUT2D eigenvalue weighted by Gasteiger charge is 2.24. The molecule has 0 saturated carbocycles. The maximum absolute atomic E-state index is 10.5. The molecule has 98 valence electrons. The highest BCUT2D eigenvalue weighted by atomic mass is 32.1. The summed E-state index contributed by atoms with van der Waals surface area (Å²) in [4.78, 5) is 5.01. The average Bonchev–Trinajstić information content (AvgIpc) is 2.95. The third kappa shape index (κ3) is 2.26. The zero-order valence-corrected chi connectivity index (χ0v) is 11.6. The molecular formula is C12H17N3O2S. The van der Waals surface area contributed by atoms with Gasteiger partial charge in [0.05, 0.1) is 29.4 Å². The number of hydrogen-bond acceptors (Lipinski definition) is 5. The number of aliphatic hydroxyl groups excluding tert-OH is 1. The van der Waals surface area contributed by atoms with Crippen molar-refractivity contribution >= 4 is 11.3 Å². The Kier molecular flexibility index (Phi) is 3.98. The molecule has 1 N–H and O–H groups in total. The van der Waals surface area contributed by atoms with Gasteiger partial charge in [-0.05, 0) is 13.3 Å². The van der Waals surface area contributed by atoms with E-state index < -0.39 is 6.10 Å². The number of hydrogen-bond donors (Lipinski definition) is 1. The van der Waals surface area contributed by atoms with Crippen LogP contribution in [0.4, 0.5) is 0 Å². The summed E-state index contributed by atoms with van der Waals surface area (Å²) in [6, 6.07) is 0. The summed E-state index contributed by atoms with van der Waals surface area (Å²) in [5, 5.41) is 14.8. The molecule has 1 unspecified atom stereocenters. The van der Waals surface area contributed by atoms with Gasteiger partial charge in [-0.25, -0.2) is 4.98 Å². The van der Waals surface area contributed by atoms with Gasteiger partial charge in [-0.15, -0.1) is 11.3 Å². The first-order valence-electron chi connectivity index (χ1n) is 5.86. The highest BCUT2D eigenvalue weighted by molar-refractivity contribution is 7.09. The molecule has 0 radical (unpaired) electrons. The zero-order chi connectivity index (χ0) is 13.1. The van der Waals surface area contributed by atoms with E-state index in [9.17, 15) is 5.11 Å². The first-order chi connectivity index (χ1) is 8.69. The Morgan fingerprint density at radius 2 is 2.33 bits per heavy atom. The monoisotopic (exact) mass is 267 g/mol. The number of thiazole rings is 1. The van der Waals surface area contributed by atoms with Crippen molar-refractivity contribution in [1.29, 1.82) is 0 Å². The largest absolute Gasteiger partial charge is 0.493 e. The number of rotatable bonds is 5. The molecule has 0 aromatic carbocycles. The van der Waals surface area contributed by atoms with Crippen LogP contribution in [-0.2, 0) is 6.54 Å². The molecule has 0 aliphatic heterocycles. The molecule has 0 fully saturated rings. The molecule has 0 aliphatic rings. The van der Waals surface area contributed by atoms with Crippen molar-refractivity contribution in [3.8, 4) is 5.75 Å². The van der Waals surface area contributed by atoms with E-state index in [0.717, 1.165) is 23.5 Å². The van der Waals surface area contributed by atoms with Crippen LogP contribution in [0.2, 0.25) is 0 Å². The van der Waals surface area contributed by atoms with Gasteiger partial charge >= 0.3 is 0 Å². The second kappa shape index (κ2) is 5.49. The molecule has 1 atom stereocenters. The molecule has 5 nitrogen and oxygen atoms in total. The first kappa shape index (κ1) is 13.0. The van der Waals surface area contributed by atoms with Crippen LogP contribution in [0.1, 0.15) is 35.7 Å². The minimum Gasteiger partial charge on any atom is -0.493 e. The summed E-state index contributed by atoms with van der Waals surface area (Å²) in [6.07, 6.45) is 1.86. The van der Waals surface area contributed by atoms with Crippen LogP contribution in [0.15, 0.2) is 11.7 Å². The molecule has 2 aromatic rings. The van der Waals surface area contributed by atoms with E-state index in [1.54, 1.807) is 23.5 Å². The predicted octanol–water partition coefficient (Wildman–Crippen LogP) is 2.15. The quantitative estimate of drug-likeness (QED) is 0.901. The van der Waals surface area contributed by atoms with E-state index in [2.05, 4.69) is 17.0 Å². The number of aliphatic hydroxyl groups is 1. The zero-order valence-electron chi connectivity index (χ0n) is 10.8. The Balaban J connectivity index is 2.42. The average molecular weight is 267 g/mol. The molecule has 0 saturated heterocycles. The van der Waals surface area contributed by atoms with Gasteiger partial charge in [0.15, 0.2) is 5.75 Å². The standard InChI is InChI=1S/C12H17N3O2S/c1-4-5-15-10(9(17-3)6-14-15)11(16)12-8(2)13-7-18-12/h6-7,11,16H,4-5H2,1-3H3. The topological polar surface area (TPSA) is 60.2 Å². The molecule has 0 amide bonds. The van der Waals surface area contributed by atoms with Crippen molar-refractivity contribution in [3.05, 3.63) is 28.0 Å². The summed E-state index contributed by atoms with van der Waals surface area (Å²) in [7, 11) is 1.59. The van der Waals surface area contributed by atoms with E-state index in [1.807, 2.05) is 6.92 Å². The lowest BCUT2D eigenvalue weighted by Crippen LogP contribution is -2.11. The third-order valence-corrected chi connectivity index (χ3v) is 3.77. The lowest BCUT2D eigenvalue weighted by atomic mass is 10.2. The SMILES string of the molecule is CCCn1ncc(OC)c1C(O)c1scnc1C. The van der Waals surface area contributed by atoms with Crippen molar-refractivity contribution in [1.82, 2.24) is 14.8 Å². The maximum atomic E-state index is 10.5. The number of ether oxygens (including phenoxy) is 1.